The predicted octanol–water partition coefficient (Wildman–Crippen LogP) is 3.07. The van der Waals surface area contributed by atoms with E-state index in [1.54, 1.807) is 0 Å². The van der Waals surface area contributed by atoms with Crippen LogP contribution < -0.4 is 20.7 Å². The molecule has 134 valence electrons. The Morgan fingerprint density at radius 3 is 2.67 bits per heavy atom. The molecule has 0 bridgehead atoms. The van der Waals surface area contributed by atoms with Crippen molar-refractivity contribution in [2.24, 2.45) is 0 Å². The number of ether oxygens (including phenoxy) is 1. The van der Waals surface area contributed by atoms with E-state index in [9.17, 15) is 4.79 Å². The number of amides is 2. The maximum atomic E-state index is 11.8. The van der Waals surface area contributed by atoms with E-state index in [0.29, 0.717) is 19.2 Å². The summed E-state index contributed by atoms with van der Waals surface area (Å²) in [6.45, 7) is 4.06. The summed E-state index contributed by atoms with van der Waals surface area (Å²) >= 11 is 0. The van der Waals surface area contributed by atoms with Gasteiger partial charge in [0.25, 0.3) is 0 Å². The fourth-order valence-corrected chi connectivity index (χ4v) is 2.96. The molecule has 3 N–H and O–H groups in total. The van der Waals surface area contributed by atoms with Crippen LogP contribution in [-0.2, 0) is 0 Å². The van der Waals surface area contributed by atoms with Crippen molar-refractivity contribution in [3.8, 4) is 5.75 Å². The van der Waals surface area contributed by atoms with Crippen LogP contribution in [0.2, 0.25) is 0 Å². The summed E-state index contributed by atoms with van der Waals surface area (Å²) in [4.78, 5) is 11.8. The largest absolute Gasteiger partial charge is 0.491 e. The predicted molar refractivity (Wildman–Crippen MR) is 97.4 cm³/mol. The lowest BCUT2D eigenvalue weighted by molar-refractivity contribution is 0.226. The van der Waals surface area contributed by atoms with Crippen molar-refractivity contribution in [1.29, 1.82) is 0 Å². The minimum absolute atomic E-state index is 0.0365. The van der Waals surface area contributed by atoms with E-state index in [1.165, 1.54) is 32.1 Å². The van der Waals surface area contributed by atoms with Gasteiger partial charge in [0.1, 0.15) is 12.4 Å². The Kier molecular flexibility index (Phi) is 8.46. The molecule has 1 aromatic rings. The Balaban J connectivity index is 1.48. The van der Waals surface area contributed by atoms with Gasteiger partial charge in [-0.3, -0.25) is 0 Å². The van der Waals surface area contributed by atoms with Crippen molar-refractivity contribution in [2.75, 3.05) is 19.7 Å². The van der Waals surface area contributed by atoms with E-state index in [0.717, 1.165) is 18.7 Å². The van der Waals surface area contributed by atoms with Gasteiger partial charge in [-0.25, -0.2) is 4.79 Å². The highest BCUT2D eigenvalue weighted by atomic mass is 16.5. The van der Waals surface area contributed by atoms with Crippen LogP contribution in [-0.4, -0.2) is 37.8 Å². The van der Waals surface area contributed by atoms with E-state index < -0.39 is 0 Å². The van der Waals surface area contributed by atoms with E-state index in [4.69, 9.17) is 4.74 Å². The van der Waals surface area contributed by atoms with Crippen LogP contribution in [0, 0.1) is 0 Å². The molecule has 1 saturated carbocycles. The molecule has 1 aromatic carbocycles. The van der Waals surface area contributed by atoms with Gasteiger partial charge in [-0.1, -0.05) is 37.5 Å². The first-order valence-corrected chi connectivity index (χ1v) is 9.19. The van der Waals surface area contributed by atoms with Crippen molar-refractivity contribution in [2.45, 2.75) is 57.5 Å². The van der Waals surface area contributed by atoms with E-state index in [1.807, 2.05) is 37.3 Å². The van der Waals surface area contributed by atoms with Gasteiger partial charge in [0.15, 0.2) is 0 Å². The molecule has 24 heavy (non-hydrogen) atoms. The molecule has 0 aliphatic heterocycles. The zero-order valence-electron chi connectivity index (χ0n) is 14.7. The maximum absolute atomic E-state index is 11.8. The fraction of sp³-hybridized carbons (Fsp3) is 0.632. The van der Waals surface area contributed by atoms with Crippen LogP contribution in [0.25, 0.3) is 0 Å². The third-order valence-electron chi connectivity index (χ3n) is 4.30. The number of hydrogen-bond acceptors (Lipinski definition) is 3. The number of carbonyl (C=O) groups excluding carboxylic acids is 1. The first-order valence-electron chi connectivity index (χ1n) is 9.19. The summed E-state index contributed by atoms with van der Waals surface area (Å²) < 4.78 is 5.63. The highest BCUT2D eigenvalue weighted by Gasteiger charge is 2.12. The van der Waals surface area contributed by atoms with Crippen LogP contribution in [0.1, 0.15) is 45.4 Å². The number of rotatable bonds is 9. The summed E-state index contributed by atoms with van der Waals surface area (Å²) in [5, 5.41) is 9.38. The zero-order valence-corrected chi connectivity index (χ0v) is 14.7. The minimum atomic E-state index is -0.128. The minimum Gasteiger partial charge on any atom is -0.491 e. The van der Waals surface area contributed by atoms with Crippen LogP contribution in [0.3, 0.4) is 0 Å². The molecule has 5 nitrogen and oxygen atoms in total. The number of urea groups is 1. The molecule has 5 heteroatoms. The second-order valence-corrected chi connectivity index (χ2v) is 6.57. The lowest BCUT2D eigenvalue weighted by atomic mass is 9.95. The average molecular weight is 333 g/mol. The number of benzene rings is 1. The summed E-state index contributed by atoms with van der Waals surface area (Å²) in [5.74, 6) is 0.820. The van der Waals surface area contributed by atoms with Crippen molar-refractivity contribution in [1.82, 2.24) is 16.0 Å². The number of nitrogens with one attached hydrogen (secondary N) is 3. The first-order chi connectivity index (χ1) is 11.7. The van der Waals surface area contributed by atoms with Crippen LogP contribution in [0.5, 0.6) is 5.75 Å². The number of hydrogen-bond donors (Lipinski definition) is 3. The standard InChI is InChI=1S/C19H31N3O2/c1-16(15-24-18-11-6-3-7-12-18)22-19(23)21-14-8-13-20-17-9-4-2-5-10-17/h3,6-7,11-12,16-17,20H,2,4-5,8-10,13-15H2,1H3,(H2,21,22,23)/t16-/m1/s1. The highest BCUT2D eigenvalue weighted by Crippen LogP contribution is 2.17. The second-order valence-electron chi connectivity index (χ2n) is 6.57. The Bertz CT molecular complexity index is 461. The summed E-state index contributed by atoms with van der Waals surface area (Å²) in [6.07, 6.45) is 7.63. The van der Waals surface area contributed by atoms with E-state index >= 15 is 0 Å². The molecule has 0 aromatic heterocycles. The molecule has 1 aliphatic carbocycles. The fourth-order valence-electron chi connectivity index (χ4n) is 2.96. The number of para-hydroxylation sites is 1. The van der Waals surface area contributed by atoms with Crippen molar-refractivity contribution in [3.05, 3.63) is 30.3 Å². The van der Waals surface area contributed by atoms with Crippen molar-refractivity contribution >= 4 is 6.03 Å². The number of carbonyl (C=O) groups is 1. The zero-order chi connectivity index (χ0) is 17.0. The van der Waals surface area contributed by atoms with Crippen molar-refractivity contribution < 1.29 is 9.53 Å². The normalized spacial score (nSPS) is 16.4. The van der Waals surface area contributed by atoms with Gasteiger partial charge >= 0.3 is 6.03 Å². The van der Waals surface area contributed by atoms with Gasteiger partial charge in [0, 0.05) is 12.6 Å². The molecule has 1 atom stereocenters. The van der Waals surface area contributed by atoms with Crippen LogP contribution >= 0.6 is 0 Å². The smallest absolute Gasteiger partial charge is 0.315 e. The SMILES string of the molecule is C[C@H](COc1ccccc1)NC(=O)NCCCNC1CCCCC1. The molecule has 0 spiro atoms. The Morgan fingerprint density at radius 2 is 1.92 bits per heavy atom. The van der Waals surface area contributed by atoms with Crippen LogP contribution in [0.15, 0.2) is 30.3 Å². The Labute approximate surface area is 145 Å². The molecule has 1 fully saturated rings. The van der Waals surface area contributed by atoms with Gasteiger partial charge in [0.2, 0.25) is 0 Å². The Hall–Kier alpha value is -1.75. The van der Waals surface area contributed by atoms with Gasteiger partial charge in [-0.05, 0) is 44.9 Å². The molecule has 0 heterocycles. The quantitative estimate of drug-likeness (QED) is 0.609. The summed E-state index contributed by atoms with van der Waals surface area (Å²) in [7, 11) is 0. The molecule has 0 saturated heterocycles. The molecule has 2 rings (SSSR count). The van der Waals surface area contributed by atoms with E-state index in [2.05, 4.69) is 16.0 Å². The third-order valence-corrected chi connectivity index (χ3v) is 4.30. The van der Waals surface area contributed by atoms with Crippen LogP contribution in [0.4, 0.5) is 4.79 Å². The maximum Gasteiger partial charge on any atom is 0.315 e. The lowest BCUT2D eigenvalue weighted by Gasteiger charge is -2.22. The monoisotopic (exact) mass is 333 g/mol. The molecule has 0 radical (unpaired) electrons. The first kappa shape index (κ1) is 18.6. The third kappa shape index (κ3) is 7.68. The topological polar surface area (TPSA) is 62.4 Å². The molecule has 0 unspecified atom stereocenters. The molecular formula is C19H31N3O2. The summed E-state index contributed by atoms with van der Waals surface area (Å²) in [6, 6.07) is 10.1. The van der Waals surface area contributed by atoms with Gasteiger partial charge in [-0.15, -0.1) is 0 Å². The summed E-state index contributed by atoms with van der Waals surface area (Å²) in [5.41, 5.74) is 0. The van der Waals surface area contributed by atoms with Gasteiger partial charge in [-0.2, -0.15) is 0 Å². The molecule has 2 amide bonds. The lowest BCUT2D eigenvalue weighted by Crippen LogP contribution is -2.44. The van der Waals surface area contributed by atoms with Gasteiger partial charge in [0.05, 0.1) is 6.04 Å². The van der Waals surface area contributed by atoms with Crippen molar-refractivity contribution in [3.63, 3.8) is 0 Å². The Morgan fingerprint density at radius 1 is 1.17 bits per heavy atom. The molecule has 1 aliphatic rings. The van der Waals surface area contributed by atoms with Gasteiger partial charge < -0.3 is 20.7 Å². The van der Waals surface area contributed by atoms with E-state index in [-0.39, 0.29) is 12.1 Å². The second kappa shape index (κ2) is 10.9. The molecular weight excluding hydrogens is 302 g/mol. The average Bonchev–Trinajstić information content (AvgIpc) is 2.61. The highest BCUT2D eigenvalue weighted by molar-refractivity contribution is 5.74.